The number of carbonyl (C=O) groups is 1. The van der Waals surface area contributed by atoms with Crippen molar-refractivity contribution in [2.75, 3.05) is 18.5 Å². The second-order valence-corrected chi connectivity index (χ2v) is 12.1. The predicted molar refractivity (Wildman–Crippen MR) is 126 cm³/mol. The first-order valence-corrected chi connectivity index (χ1v) is 13.2. The summed E-state index contributed by atoms with van der Waals surface area (Å²) >= 11 is 0. The summed E-state index contributed by atoms with van der Waals surface area (Å²) in [5.41, 5.74) is 1.06. The Labute approximate surface area is 196 Å². The average Bonchev–Trinajstić information content (AvgIpc) is 3.39. The number of anilines is 1. The van der Waals surface area contributed by atoms with E-state index >= 15 is 0 Å². The maximum Gasteiger partial charge on any atom is 0.157 e. The SMILES string of the molecule is CC12CC[C@H]3C(CC[C@@H]4C[C@@](O)(CF)CC[C@@H]43)[C@@H]1CC[C@@H]2C(=O)Cn1ncc2c1C=CCN2. The fourth-order valence-electron chi connectivity index (χ4n) is 9.04. The van der Waals surface area contributed by atoms with Gasteiger partial charge in [0, 0.05) is 12.5 Å². The van der Waals surface area contributed by atoms with E-state index in [0.717, 1.165) is 43.6 Å². The van der Waals surface area contributed by atoms with Crippen LogP contribution in [0.1, 0.15) is 70.4 Å². The second-order valence-electron chi connectivity index (χ2n) is 12.1. The number of Topliss-reactive ketones (excluding diaryl/α,β-unsaturated/α-hetero) is 1. The van der Waals surface area contributed by atoms with Gasteiger partial charge in [-0.15, -0.1) is 0 Å². The van der Waals surface area contributed by atoms with Crippen LogP contribution in [0.3, 0.4) is 0 Å². The molecule has 4 fully saturated rings. The van der Waals surface area contributed by atoms with Crippen LogP contribution in [-0.4, -0.2) is 39.5 Å². The molecule has 0 radical (unpaired) electrons. The molecule has 0 saturated heterocycles. The second kappa shape index (κ2) is 7.93. The predicted octanol–water partition coefficient (Wildman–Crippen LogP) is 4.86. The zero-order valence-electron chi connectivity index (χ0n) is 19.8. The van der Waals surface area contributed by atoms with E-state index < -0.39 is 12.3 Å². The number of aromatic nitrogens is 2. The Bertz CT molecular complexity index is 959. The maximum atomic E-state index is 13.6. The maximum absolute atomic E-state index is 13.6. The van der Waals surface area contributed by atoms with E-state index in [1.807, 2.05) is 10.9 Å². The van der Waals surface area contributed by atoms with Gasteiger partial charge in [0.05, 0.1) is 23.2 Å². The lowest BCUT2D eigenvalue weighted by Crippen LogP contribution is -2.52. The topological polar surface area (TPSA) is 67.1 Å². The third kappa shape index (κ3) is 3.42. The van der Waals surface area contributed by atoms with Crippen LogP contribution in [0.25, 0.3) is 6.08 Å². The van der Waals surface area contributed by atoms with Gasteiger partial charge in [0.1, 0.15) is 13.2 Å². The zero-order chi connectivity index (χ0) is 22.8. The number of alkyl halides is 1. The van der Waals surface area contributed by atoms with Crippen LogP contribution in [0.2, 0.25) is 0 Å². The Morgan fingerprint density at radius 1 is 1.18 bits per heavy atom. The smallest absolute Gasteiger partial charge is 0.157 e. The highest BCUT2D eigenvalue weighted by atomic mass is 19.1. The van der Waals surface area contributed by atoms with Crippen LogP contribution in [-0.2, 0) is 11.3 Å². The summed E-state index contributed by atoms with van der Waals surface area (Å²) in [7, 11) is 0. The van der Waals surface area contributed by atoms with Gasteiger partial charge in [-0.25, -0.2) is 4.39 Å². The van der Waals surface area contributed by atoms with Crippen LogP contribution in [0.4, 0.5) is 10.1 Å². The number of halogens is 1. The van der Waals surface area contributed by atoms with Crippen molar-refractivity contribution < 1.29 is 14.3 Å². The molecule has 5 nitrogen and oxygen atoms in total. The van der Waals surface area contributed by atoms with Crippen molar-refractivity contribution in [3.05, 3.63) is 18.0 Å². The highest BCUT2D eigenvalue weighted by Gasteiger charge is 2.59. The van der Waals surface area contributed by atoms with E-state index in [4.69, 9.17) is 0 Å². The number of aliphatic hydroxyl groups is 1. The Morgan fingerprint density at radius 3 is 2.88 bits per heavy atom. The van der Waals surface area contributed by atoms with E-state index in [1.165, 1.54) is 19.3 Å². The van der Waals surface area contributed by atoms with Crippen molar-refractivity contribution in [2.24, 2.45) is 40.9 Å². The summed E-state index contributed by atoms with van der Waals surface area (Å²) in [6, 6.07) is 0. The van der Waals surface area contributed by atoms with Gasteiger partial charge in [-0.05, 0) is 98.9 Å². The molecule has 4 saturated carbocycles. The minimum atomic E-state index is -1.07. The van der Waals surface area contributed by atoms with Gasteiger partial charge in [0.25, 0.3) is 0 Å². The van der Waals surface area contributed by atoms with Gasteiger partial charge in [-0.3, -0.25) is 9.48 Å². The van der Waals surface area contributed by atoms with E-state index in [1.54, 1.807) is 0 Å². The molecule has 1 aromatic rings. The number of carbonyl (C=O) groups excluding carboxylic acids is 1. The summed E-state index contributed by atoms with van der Waals surface area (Å²) in [5, 5.41) is 18.4. The molecule has 6 rings (SSSR count). The van der Waals surface area contributed by atoms with Gasteiger partial charge in [-0.1, -0.05) is 13.0 Å². The molecule has 5 aliphatic rings. The van der Waals surface area contributed by atoms with E-state index in [2.05, 4.69) is 29.5 Å². The molecule has 33 heavy (non-hydrogen) atoms. The largest absolute Gasteiger partial charge is 0.387 e. The van der Waals surface area contributed by atoms with Crippen LogP contribution >= 0.6 is 0 Å². The molecular weight excluding hydrogens is 417 g/mol. The zero-order valence-corrected chi connectivity index (χ0v) is 19.8. The third-order valence-electron chi connectivity index (χ3n) is 10.6. The summed E-state index contributed by atoms with van der Waals surface area (Å²) in [6.07, 6.45) is 15.0. The number of nitrogens with one attached hydrogen (secondary N) is 1. The summed E-state index contributed by atoms with van der Waals surface area (Å²) in [6.45, 7) is 2.99. The monoisotopic (exact) mass is 455 g/mol. The van der Waals surface area contributed by atoms with Crippen LogP contribution < -0.4 is 5.32 Å². The fourth-order valence-corrected chi connectivity index (χ4v) is 9.04. The normalized spacial score (nSPS) is 43.7. The molecule has 2 N–H and O–H groups in total. The minimum absolute atomic E-state index is 0.0979. The number of fused-ring (bicyclic) bond motifs is 6. The molecule has 0 aromatic carbocycles. The molecule has 2 unspecified atom stereocenters. The van der Waals surface area contributed by atoms with E-state index in [0.29, 0.717) is 54.8 Å². The average molecular weight is 456 g/mol. The first kappa shape index (κ1) is 21.8. The van der Waals surface area contributed by atoms with Gasteiger partial charge >= 0.3 is 0 Å². The first-order valence-electron chi connectivity index (χ1n) is 13.2. The lowest BCUT2D eigenvalue weighted by atomic mass is 9.49. The van der Waals surface area contributed by atoms with Gasteiger partial charge in [-0.2, -0.15) is 5.10 Å². The lowest BCUT2D eigenvalue weighted by Gasteiger charge is -2.57. The van der Waals surface area contributed by atoms with Gasteiger partial charge in [0.15, 0.2) is 5.78 Å². The Kier molecular flexibility index (Phi) is 5.24. The quantitative estimate of drug-likeness (QED) is 0.680. The molecule has 0 amide bonds. The van der Waals surface area contributed by atoms with Crippen molar-refractivity contribution in [3.8, 4) is 0 Å². The van der Waals surface area contributed by atoms with E-state index in [-0.39, 0.29) is 11.3 Å². The summed E-state index contributed by atoms with van der Waals surface area (Å²) in [5.74, 6) is 3.63. The van der Waals surface area contributed by atoms with Crippen molar-refractivity contribution in [1.29, 1.82) is 0 Å². The van der Waals surface area contributed by atoms with Crippen LogP contribution in [0.15, 0.2) is 12.3 Å². The molecule has 2 heterocycles. The molecule has 4 aliphatic carbocycles. The molecule has 180 valence electrons. The van der Waals surface area contributed by atoms with Crippen molar-refractivity contribution in [3.63, 3.8) is 0 Å². The number of rotatable bonds is 4. The van der Waals surface area contributed by atoms with Gasteiger partial charge in [0.2, 0.25) is 0 Å². The van der Waals surface area contributed by atoms with Crippen molar-refractivity contribution in [2.45, 2.75) is 76.9 Å². The van der Waals surface area contributed by atoms with Crippen molar-refractivity contribution >= 4 is 17.5 Å². The van der Waals surface area contributed by atoms with Gasteiger partial charge < -0.3 is 10.4 Å². The highest BCUT2D eigenvalue weighted by Crippen LogP contribution is 2.64. The lowest BCUT2D eigenvalue weighted by molar-refractivity contribution is -0.134. The fraction of sp³-hybridized carbons (Fsp3) is 0.778. The molecule has 8 atom stereocenters. The Hall–Kier alpha value is -1.69. The number of hydrogen-bond donors (Lipinski definition) is 2. The highest BCUT2D eigenvalue weighted by molar-refractivity contribution is 5.82. The third-order valence-corrected chi connectivity index (χ3v) is 10.6. The minimum Gasteiger partial charge on any atom is -0.387 e. The molecule has 0 bridgehead atoms. The molecule has 1 aliphatic heterocycles. The Morgan fingerprint density at radius 2 is 2.03 bits per heavy atom. The molecular formula is C27H38FN3O2. The number of hydrogen-bond acceptors (Lipinski definition) is 4. The molecule has 6 heteroatoms. The van der Waals surface area contributed by atoms with E-state index in [9.17, 15) is 14.3 Å². The molecule has 1 aromatic heterocycles. The molecule has 0 spiro atoms. The van der Waals surface area contributed by atoms with Crippen molar-refractivity contribution in [1.82, 2.24) is 9.78 Å². The Balaban J connectivity index is 1.17. The van der Waals surface area contributed by atoms with Crippen LogP contribution in [0, 0.1) is 40.9 Å². The standard InChI is InChI=1S/C27H38FN3O2/c1-26-10-8-19-18-9-11-27(33,16-28)13-17(18)4-5-20(19)21(26)6-7-22(26)25(32)15-31-24-3-2-12-29-23(24)14-30-31/h2-3,14,17-22,29,33H,4-13,15-16H2,1H3/t17-,18+,19-,20?,21+,22-,26?,27-/m1/s1. The first-order chi connectivity index (χ1) is 15.9. The number of nitrogens with zero attached hydrogens (tertiary/aromatic N) is 2. The summed E-state index contributed by atoms with van der Waals surface area (Å²) < 4.78 is 15.3. The summed E-state index contributed by atoms with van der Waals surface area (Å²) in [4.78, 5) is 13.6. The number of ketones is 1. The van der Waals surface area contributed by atoms with Crippen LogP contribution in [0.5, 0.6) is 0 Å².